The van der Waals surface area contributed by atoms with E-state index in [1.54, 1.807) is 7.11 Å². The number of ether oxygens (including phenoxy) is 1. The van der Waals surface area contributed by atoms with Crippen LogP contribution in [0.25, 0.3) is 0 Å². The smallest absolute Gasteiger partial charge is 0.191 e. The van der Waals surface area contributed by atoms with Gasteiger partial charge in [0.05, 0.1) is 0 Å². The highest BCUT2D eigenvalue weighted by Gasteiger charge is 2.36. The van der Waals surface area contributed by atoms with Crippen LogP contribution in [0.3, 0.4) is 0 Å². The summed E-state index contributed by atoms with van der Waals surface area (Å²) in [5.41, 5.74) is 3.11. The Kier molecular flexibility index (Phi) is 10.9. The zero-order valence-corrected chi connectivity index (χ0v) is 21.4. The molecule has 30 heavy (non-hydrogen) atoms. The molecule has 1 aliphatic carbocycles. The van der Waals surface area contributed by atoms with Gasteiger partial charge in [-0.25, -0.2) is 0 Å². The summed E-state index contributed by atoms with van der Waals surface area (Å²) in [6.07, 6.45) is 7.70. The number of halogens is 1. The van der Waals surface area contributed by atoms with Crippen LogP contribution in [0.2, 0.25) is 0 Å². The van der Waals surface area contributed by atoms with E-state index in [0.29, 0.717) is 5.41 Å². The van der Waals surface area contributed by atoms with Crippen LogP contribution in [-0.2, 0) is 17.8 Å². The molecule has 1 aromatic carbocycles. The van der Waals surface area contributed by atoms with Crippen molar-refractivity contribution in [1.29, 1.82) is 0 Å². The predicted octanol–water partition coefficient (Wildman–Crippen LogP) is 4.41. The Labute approximate surface area is 200 Å². The van der Waals surface area contributed by atoms with Crippen molar-refractivity contribution in [2.45, 2.75) is 58.5 Å². The lowest BCUT2D eigenvalue weighted by atomic mass is 9.67. The first-order chi connectivity index (χ1) is 14.1. The molecule has 0 atom stereocenters. The fraction of sp³-hybridized carbons (Fsp3) is 0.708. The first kappa shape index (κ1) is 25.4. The minimum atomic E-state index is 0. The number of rotatable bonds is 9. The zero-order valence-electron chi connectivity index (χ0n) is 19.1. The second-order valence-corrected chi connectivity index (χ2v) is 9.15. The van der Waals surface area contributed by atoms with E-state index in [1.165, 1.54) is 56.3 Å². The number of aliphatic imine (C=N–C) groups is 1. The first-order valence-electron chi connectivity index (χ1n) is 11.4. The van der Waals surface area contributed by atoms with Gasteiger partial charge in [0.25, 0.3) is 0 Å². The van der Waals surface area contributed by atoms with E-state index < -0.39 is 0 Å². The third-order valence-electron chi connectivity index (χ3n) is 6.84. The van der Waals surface area contributed by atoms with Crippen molar-refractivity contribution < 1.29 is 4.74 Å². The van der Waals surface area contributed by atoms with Gasteiger partial charge in [0.2, 0.25) is 0 Å². The number of methoxy groups -OCH3 is 1. The van der Waals surface area contributed by atoms with Crippen LogP contribution in [0.4, 0.5) is 0 Å². The van der Waals surface area contributed by atoms with Crippen molar-refractivity contribution in [2.24, 2.45) is 16.3 Å². The summed E-state index contributed by atoms with van der Waals surface area (Å²) in [5.74, 6) is 1.78. The van der Waals surface area contributed by atoms with E-state index in [2.05, 4.69) is 51.7 Å². The van der Waals surface area contributed by atoms with Crippen LogP contribution in [0.1, 0.15) is 56.6 Å². The minimum absolute atomic E-state index is 0. The molecule has 0 bridgehead atoms. The number of hydrogen-bond acceptors (Lipinski definition) is 3. The molecule has 1 saturated carbocycles. The maximum Gasteiger partial charge on any atom is 0.191 e. The van der Waals surface area contributed by atoms with Gasteiger partial charge in [-0.05, 0) is 67.7 Å². The summed E-state index contributed by atoms with van der Waals surface area (Å²) in [7, 11) is 3.64. The number of likely N-dealkylation sites (tertiary alicyclic amines) is 1. The molecule has 0 amide bonds. The SMILES string of the molecule is CN=C(NCc1cccc(CN2CCC(C)CC2)c1)NCC1(CCOC)CCC1.I. The van der Waals surface area contributed by atoms with Gasteiger partial charge in [0.1, 0.15) is 0 Å². The average molecular weight is 529 g/mol. The van der Waals surface area contributed by atoms with Gasteiger partial charge >= 0.3 is 0 Å². The molecular weight excluding hydrogens is 487 g/mol. The third kappa shape index (κ3) is 7.68. The van der Waals surface area contributed by atoms with Gasteiger partial charge < -0.3 is 15.4 Å². The van der Waals surface area contributed by atoms with Gasteiger partial charge in [-0.15, -0.1) is 24.0 Å². The zero-order chi connectivity index (χ0) is 20.5. The Morgan fingerprint density at radius 2 is 1.93 bits per heavy atom. The van der Waals surface area contributed by atoms with Crippen molar-refractivity contribution >= 4 is 29.9 Å². The van der Waals surface area contributed by atoms with Crippen LogP contribution < -0.4 is 10.6 Å². The topological polar surface area (TPSA) is 48.9 Å². The maximum atomic E-state index is 5.31. The fourth-order valence-electron chi connectivity index (χ4n) is 4.50. The highest BCUT2D eigenvalue weighted by atomic mass is 127. The van der Waals surface area contributed by atoms with Crippen LogP contribution in [-0.4, -0.2) is 51.3 Å². The second kappa shape index (κ2) is 12.9. The maximum absolute atomic E-state index is 5.31. The molecule has 5 nitrogen and oxygen atoms in total. The predicted molar refractivity (Wildman–Crippen MR) is 137 cm³/mol. The summed E-state index contributed by atoms with van der Waals surface area (Å²) >= 11 is 0. The number of nitrogens with zero attached hydrogens (tertiary/aromatic N) is 2. The lowest BCUT2D eigenvalue weighted by Gasteiger charge is -2.42. The van der Waals surface area contributed by atoms with Crippen molar-refractivity contribution in [3.63, 3.8) is 0 Å². The largest absolute Gasteiger partial charge is 0.385 e. The average Bonchev–Trinajstić information content (AvgIpc) is 2.71. The Hall–Kier alpha value is -0.860. The van der Waals surface area contributed by atoms with Crippen LogP contribution in [0.5, 0.6) is 0 Å². The van der Waals surface area contributed by atoms with Crippen molar-refractivity contribution in [3.8, 4) is 0 Å². The molecule has 1 saturated heterocycles. The Morgan fingerprint density at radius 1 is 1.20 bits per heavy atom. The second-order valence-electron chi connectivity index (χ2n) is 9.15. The van der Waals surface area contributed by atoms with Gasteiger partial charge in [0.15, 0.2) is 5.96 Å². The molecule has 0 aromatic heterocycles. The van der Waals surface area contributed by atoms with Gasteiger partial charge in [-0.1, -0.05) is 37.6 Å². The molecule has 0 radical (unpaired) electrons. The van der Waals surface area contributed by atoms with E-state index in [1.807, 2.05) is 7.05 Å². The Balaban J connectivity index is 0.00000320. The lowest BCUT2D eigenvalue weighted by molar-refractivity contribution is 0.0732. The van der Waals surface area contributed by atoms with Gasteiger partial charge in [-0.3, -0.25) is 9.89 Å². The molecule has 1 aromatic rings. The van der Waals surface area contributed by atoms with Crippen molar-refractivity contribution in [3.05, 3.63) is 35.4 Å². The monoisotopic (exact) mass is 528 g/mol. The van der Waals surface area contributed by atoms with E-state index >= 15 is 0 Å². The van der Waals surface area contributed by atoms with Crippen LogP contribution >= 0.6 is 24.0 Å². The molecule has 2 fully saturated rings. The fourth-order valence-corrected chi connectivity index (χ4v) is 4.50. The van der Waals surface area contributed by atoms with Crippen molar-refractivity contribution in [2.75, 3.05) is 40.4 Å². The molecule has 0 spiro atoms. The first-order valence-corrected chi connectivity index (χ1v) is 11.4. The minimum Gasteiger partial charge on any atom is -0.385 e. The van der Waals surface area contributed by atoms with Crippen molar-refractivity contribution in [1.82, 2.24) is 15.5 Å². The number of guanidine groups is 1. The Bertz CT molecular complexity index is 654. The van der Waals surface area contributed by atoms with Gasteiger partial charge in [-0.2, -0.15) is 0 Å². The third-order valence-corrected chi connectivity index (χ3v) is 6.84. The molecule has 6 heteroatoms. The van der Waals surface area contributed by atoms with Crippen LogP contribution in [0.15, 0.2) is 29.3 Å². The van der Waals surface area contributed by atoms with E-state index in [-0.39, 0.29) is 24.0 Å². The number of nitrogens with one attached hydrogen (secondary N) is 2. The Morgan fingerprint density at radius 3 is 2.57 bits per heavy atom. The van der Waals surface area contributed by atoms with E-state index in [4.69, 9.17) is 4.74 Å². The summed E-state index contributed by atoms with van der Waals surface area (Å²) in [5, 5.41) is 7.04. The highest BCUT2D eigenvalue weighted by Crippen LogP contribution is 2.43. The molecular formula is C24H41IN4O. The number of piperidine rings is 1. The quantitative estimate of drug-likeness (QED) is 0.283. The molecule has 3 rings (SSSR count). The number of benzene rings is 1. The molecule has 1 aliphatic heterocycles. The molecule has 170 valence electrons. The van der Waals surface area contributed by atoms with E-state index in [0.717, 1.165) is 44.5 Å². The highest BCUT2D eigenvalue weighted by molar-refractivity contribution is 14.0. The summed E-state index contributed by atoms with van der Waals surface area (Å²) < 4.78 is 5.31. The molecule has 0 unspecified atom stereocenters. The van der Waals surface area contributed by atoms with E-state index in [9.17, 15) is 0 Å². The molecule has 2 aliphatic rings. The summed E-state index contributed by atoms with van der Waals surface area (Å²) in [6.45, 7) is 8.51. The number of hydrogen-bond donors (Lipinski definition) is 2. The van der Waals surface area contributed by atoms with Crippen LogP contribution in [0, 0.1) is 11.3 Å². The molecule has 1 heterocycles. The lowest BCUT2D eigenvalue weighted by Crippen LogP contribution is -2.46. The standard InChI is InChI=1S/C24H40N4O.HI/c1-20-8-13-28(14-9-20)18-22-7-4-6-21(16-22)17-26-23(25-2)27-19-24(10-5-11-24)12-15-29-3;/h4,6-7,16,20H,5,8-15,17-19H2,1-3H3,(H2,25,26,27);1H. The molecule has 2 N–H and O–H groups in total. The van der Waals surface area contributed by atoms with Gasteiger partial charge in [0, 0.05) is 40.4 Å². The normalized spacial score (nSPS) is 19.6. The summed E-state index contributed by atoms with van der Waals surface area (Å²) in [4.78, 5) is 7.01. The summed E-state index contributed by atoms with van der Waals surface area (Å²) in [6, 6.07) is 8.98.